The molecular formula is C14H12BrN3. The maximum Gasteiger partial charge on any atom is 0.142 e. The highest BCUT2D eigenvalue weighted by Gasteiger charge is 2.04. The van der Waals surface area contributed by atoms with Crippen LogP contribution in [0.5, 0.6) is 0 Å². The predicted molar refractivity (Wildman–Crippen MR) is 75.2 cm³/mol. The quantitative estimate of drug-likeness (QED) is 0.873. The number of halogens is 1. The lowest BCUT2D eigenvalue weighted by molar-refractivity contribution is 0.895. The van der Waals surface area contributed by atoms with E-state index in [1.165, 1.54) is 5.56 Å². The van der Waals surface area contributed by atoms with Crippen LogP contribution in [0.3, 0.4) is 0 Å². The highest BCUT2D eigenvalue weighted by molar-refractivity contribution is 9.10. The van der Waals surface area contributed by atoms with Gasteiger partial charge in [0.2, 0.25) is 0 Å². The second-order valence-corrected chi connectivity index (χ2v) is 4.89. The first kappa shape index (κ1) is 12.6. The van der Waals surface area contributed by atoms with Crippen LogP contribution in [0, 0.1) is 11.3 Å². The fourth-order valence-corrected chi connectivity index (χ4v) is 2.13. The summed E-state index contributed by atoms with van der Waals surface area (Å²) in [7, 11) is 1.96. The van der Waals surface area contributed by atoms with Crippen molar-refractivity contribution in [1.29, 1.82) is 5.26 Å². The summed E-state index contributed by atoms with van der Waals surface area (Å²) in [6.07, 6.45) is 0. The summed E-state index contributed by atoms with van der Waals surface area (Å²) in [6.45, 7) is 0.751. The third kappa shape index (κ3) is 3.08. The van der Waals surface area contributed by atoms with Gasteiger partial charge in [-0.2, -0.15) is 5.26 Å². The highest BCUT2D eigenvalue weighted by atomic mass is 79.9. The van der Waals surface area contributed by atoms with E-state index >= 15 is 0 Å². The number of nitriles is 1. The molecule has 1 aromatic carbocycles. The molecule has 0 amide bonds. The van der Waals surface area contributed by atoms with Crippen LogP contribution in [-0.4, -0.2) is 12.0 Å². The summed E-state index contributed by atoms with van der Waals surface area (Å²) in [5, 5.41) is 8.83. The number of hydrogen-bond acceptors (Lipinski definition) is 3. The predicted octanol–water partition coefficient (Wildman–Crippen LogP) is 3.35. The van der Waals surface area contributed by atoms with E-state index in [9.17, 15) is 0 Å². The van der Waals surface area contributed by atoms with Crippen molar-refractivity contribution in [2.75, 3.05) is 11.9 Å². The van der Waals surface area contributed by atoms with Gasteiger partial charge in [-0.25, -0.2) is 4.98 Å². The van der Waals surface area contributed by atoms with E-state index in [0.29, 0.717) is 5.69 Å². The van der Waals surface area contributed by atoms with Gasteiger partial charge < -0.3 is 4.90 Å². The zero-order chi connectivity index (χ0) is 13.0. The Morgan fingerprint density at radius 2 is 2.06 bits per heavy atom. The molecule has 0 saturated heterocycles. The maximum atomic E-state index is 8.83. The topological polar surface area (TPSA) is 39.9 Å². The van der Waals surface area contributed by atoms with Crippen molar-refractivity contribution >= 4 is 21.7 Å². The van der Waals surface area contributed by atoms with Gasteiger partial charge in [0.15, 0.2) is 0 Å². The molecule has 0 aliphatic carbocycles. The van der Waals surface area contributed by atoms with Crippen LogP contribution in [-0.2, 0) is 6.54 Å². The maximum absolute atomic E-state index is 8.83. The summed E-state index contributed by atoms with van der Waals surface area (Å²) in [5.41, 5.74) is 1.63. The minimum atomic E-state index is 0.439. The van der Waals surface area contributed by atoms with E-state index in [2.05, 4.69) is 33.0 Å². The molecule has 3 nitrogen and oxygen atoms in total. The van der Waals surface area contributed by atoms with E-state index in [-0.39, 0.29) is 0 Å². The van der Waals surface area contributed by atoms with Gasteiger partial charge in [0, 0.05) is 18.1 Å². The Morgan fingerprint density at radius 1 is 1.28 bits per heavy atom. The van der Waals surface area contributed by atoms with Crippen LogP contribution < -0.4 is 4.90 Å². The summed E-state index contributed by atoms with van der Waals surface area (Å²) in [6, 6.07) is 15.6. The monoisotopic (exact) mass is 301 g/mol. The number of aromatic nitrogens is 1. The third-order valence-corrected chi connectivity index (χ3v) is 3.04. The van der Waals surface area contributed by atoms with E-state index in [1.807, 2.05) is 42.3 Å². The second-order valence-electron chi connectivity index (χ2n) is 3.98. The van der Waals surface area contributed by atoms with Gasteiger partial charge in [-0.15, -0.1) is 0 Å². The molecule has 0 bridgehead atoms. The highest BCUT2D eigenvalue weighted by Crippen LogP contribution is 2.16. The number of anilines is 1. The zero-order valence-electron chi connectivity index (χ0n) is 9.97. The summed E-state index contributed by atoms with van der Waals surface area (Å²) in [4.78, 5) is 6.28. The van der Waals surface area contributed by atoms with Gasteiger partial charge in [-0.1, -0.05) is 34.1 Å². The van der Waals surface area contributed by atoms with Crippen molar-refractivity contribution in [3.05, 3.63) is 58.2 Å². The molecule has 0 aliphatic heterocycles. The molecule has 2 rings (SSSR count). The van der Waals surface area contributed by atoms with E-state index < -0.39 is 0 Å². The van der Waals surface area contributed by atoms with Crippen LogP contribution in [0.25, 0.3) is 0 Å². The molecule has 18 heavy (non-hydrogen) atoms. The van der Waals surface area contributed by atoms with Crippen LogP contribution >= 0.6 is 15.9 Å². The third-order valence-electron chi connectivity index (χ3n) is 2.55. The SMILES string of the molecule is CN(Cc1cccc(Br)c1)c1cccc(C#N)n1. The molecule has 0 aliphatic rings. The molecule has 0 saturated carbocycles. The van der Waals surface area contributed by atoms with Crippen molar-refractivity contribution in [3.8, 4) is 6.07 Å². The van der Waals surface area contributed by atoms with Gasteiger partial charge in [-0.05, 0) is 29.8 Å². The molecular weight excluding hydrogens is 290 g/mol. The molecule has 0 radical (unpaired) electrons. The Hall–Kier alpha value is -1.86. The fraction of sp³-hybridized carbons (Fsp3) is 0.143. The Kier molecular flexibility index (Phi) is 3.96. The van der Waals surface area contributed by atoms with Crippen molar-refractivity contribution < 1.29 is 0 Å². The first-order chi connectivity index (χ1) is 8.69. The second kappa shape index (κ2) is 5.65. The Bertz CT molecular complexity index is 590. The lowest BCUT2D eigenvalue weighted by Gasteiger charge is -2.18. The van der Waals surface area contributed by atoms with E-state index in [4.69, 9.17) is 5.26 Å². The van der Waals surface area contributed by atoms with Crippen molar-refractivity contribution in [1.82, 2.24) is 4.98 Å². The molecule has 0 N–H and O–H groups in total. The number of nitrogens with zero attached hydrogens (tertiary/aromatic N) is 3. The van der Waals surface area contributed by atoms with Crippen LogP contribution in [0.1, 0.15) is 11.3 Å². The minimum Gasteiger partial charge on any atom is -0.355 e. The normalized spacial score (nSPS) is 9.83. The number of benzene rings is 1. The number of pyridine rings is 1. The molecule has 1 aromatic heterocycles. The molecule has 0 fully saturated rings. The Morgan fingerprint density at radius 3 is 2.78 bits per heavy atom. The lowest BCUT2D eigenvalue weighted by atomic mass is 10.2. The molecule has 4 heteroatoms. The van der Waals surface area contributed by atoms with E-state index in [0.717, 1.165) is 16.8 Å². The van der Waals surface area contributed by atoms with Crippen molar-refractivity contribution in [3.63, 3.8) is 0 Å². The van der Waals surface area contributed by atoms with Gasteiger partial charge in [0.25, 0.3) is 0 Å². The largest absolute Gasteiger partial charge is 0.355 e. The average Bonchev–Trinajstić information content (AvgIpc) is 2.39. The molecule has 0 atom stereocenters. The van der Waals surface area contributed by atoms with Crippen molar-refractivity contribution in [2.45, 2.75) is 6.54 Å². The first-order valence-corrected chi connectivity index (χ1v) is 6.31. The molecule has 1 heterocycles. The van der Waals surface area contributed by atoms with Crippen molar-refractivity contribution in [2.24, 2.45) is 0 Å². The minimum absolute atomic E-state index is 0.439. The van der Waals surface area contributed by atoms with Gasteiger partial charge in [-0.3, -0.25) is 0 Å². The Labute approximate surface area is 115 Å². The first-order valence-electron chi connectivity index (χ1n) is 5.52. The van der Waals surface area contributed by atoms with Gasteiger partial charge in [0.1, 0.15) is 17.6 Å². The summed E-state index contributed by atoms with van der Waals surface area (Å²) < 4.78 is 1.06. The van der Waals surface area contributed by atoms with Crippen LogP contribution in [0.2, 0.25) is 0 Å². The zero-order valence-corrected chi connectivity index (χ0v) is 11.6. The van der Waals surface area contributed by atoms with Gasteiger partial charge >= 0.3 is 0 Å². The molecule has 0 unspecified atom stereocenters. The summed E-state index contributed by atoms with van der Waals surface area (Å²) >= 11 is 3.45. The number of rotatable bonds is 3. The Balaban J connectivity index is 2.17. The summed E-state index contributed by atoms with van der Waals surface area (Å²) in [5.74, 6) is 0.800. The number of hydrogen-bond donors (Lipinski definition) is 0. The van der Waals surface area contributed by atoms with Gasteiger partial charge in [0.05, 0.1) is 0 Å². The van der Waals surface area contributed by atoms with Crippen LogP contribution in [0.4, 0.5) is 5.82 Å². The lowest BCUT2D eigenvalue weighted by Crippen LogP contribution is -2.17. The molecule has 2 aromatic rings. The molecule has 90 valence electrons. The van der Waals surface area contributed by atoms with Crippen LogP contribution in [0.15, 0.2) is 46.9 Å². The average molecular weight is 302 g/mol. The molecule has 0 spiro atoms. The smallest absolute Gasteiger partial charge is 0.142 e. The standard InChI is InChI=1S/C14H12BrN3/c1-18(10-11-4-2-5-12(15)8-11)14-7-3-6-13(9-16)17-14/h2-8H,10H2,1H3. The fourth-order valence-electron chi connectivity index (χ4n) is 1.69. The van der Waals surface area contributed by atoms with E-state index in [1.54, 1.807) is 6.07 Å².